The average molecular weight is 556 g/mol. The van der Waals surface area contributed by atoms with Crippen LogP contribution in [0.3, 0.4) is 0 Å². The zero-order chi connectivity index (χ0) is 24.4. The van der Waals surface area contributed by atoms with Crippen molar-refractivity contribution in [1.82, 2.24) is 24.2 Å². The summed E-state index contributed by atoms with van der Waals surface area (Å²) in [6.07, 6.45) is 4.82. The number of benzene rings is 2. The molecule has 10 heteroatoms. The van der Waals surface area contributed by atoms with Gasteiger partial charge in [0.25, 0.3) is 0 Å². The number of anilines is 2. The predicted octanol–water partition coefficient (Wildman–Crippen LogP) is 4.67. The first kappa shape index (κ1) is 23.9. The van der Waals surface area contributed by atoms with E-state index < -0.39 is 10.0 Å². The minimum absolute atomic E-state index is 0.245. The molecule has 0 radical (unpaired) electrons. The molecule has 0 amide bonds. The molecule has 2 aromatic heterocycles. The van der Waals surface area contributed by atoms with Crippen molar-refractivity contribution in [3.63, 3.8) is 0 Å². The van der Waals surface area contributed by atoms with Crippen molar-refractivity contribution in [2.24, 2.45) is 0 Å². The Morgan fingerprint density at radius 2 is 1.89 bits per heavy atom. The van der Waals surface area contributed by atoms with Gasteiger partial charge in [0.2, 0.25) is 10.0 Å². The topological polar surface area (TPSA) is 91.6 Å². The van der Waals surface area contributed by atoms with E-state index in [1.807, 2.05) is 36.4 Å². The van der Waals surface area contributed by atoms with E-state index in [0.717, 1.165) is 40.8 Å². The maximum atomic E-state index is 12.8. The third-order valence-electron chi connectivity index (χ3n) is 6.38. The number of likely N-dealkylation sites (tertiary alicyclic amines) is 1. The van der Waals surface area contributed by atoms with Crippen molar-refractivity contribution in [2.75, 3.05) is 25.5 Å². The fourth-order valence-electron chi connectivity index (χ4n) is 4.43. The number of rotatable bonds is 8. The average Bonchev–Trinajstić information content (AvgIpc) is 3.45. The molecular formula is C25H27BrN6O2S. The van der Waals surface area contributed by atoms with Gasteiger partial charge in [-0.2, -0.15) is 9.61 Å². The van der Waals surface area contributed by atoms with Crippen LogP contribution in [0.5, 0.6) is 0 Å². The van der Waals surface area contributed by atoms with E-state index in [9.17, 15) is 8.42 Å². The zero-order valence-corrected chi connectivity index (χ0v) is 21.8. The third kappa shape index (κ3) is 5.25. The number of hydrogen-bond donors (Lipinski definition) is 2. The van der Waals surface area contributed by atoms with Crippen molar-refractivity contribution in [2.45, 2.75) is 30.2 Å². The summed E-state index contributed by atoms with van der Waals surface area (Å²) in [5.74, 6) is 0.717. The van der Waals surface area contributed by atoms with Gasteiger partial charge in [-0.05, 0) is 73.1 Å². The summed E-state index contributed by atoms with van der Waals surface area (Å²) in [5.41, 5.74) is 3.22. The lowest BCUT2D eigenvalue weighted by molar-refractivity contribution is 0.297. The summed E-state index contributed by atoms with van der Waals surface area (Å²) in [7, 11) is -1.47. The molecule has 5 rings (SSSR count). The van der Waals surface area contributed by atoms with E-state index in [1.54, 1.807) is 35.0 Å². The molecule has 2 N–H and O–H groups in total. The molecule has 2 aromatic carbocycles. The van der Waals surface area contributed by atoms with E-state index in [-0.39, 0.29) is 4.90 Å². The highest BCUT2D eigenvalue weighted by Gasteiger charge is 2.21. The van der Waals surface area contributed by atoms with E-state index in [1.165, 1.54) is 6.42 Å². The summed E-state index contributed by atoms with van der Waals surface area (Å²) < 4.78 is 30.8. The van der Waals surface area contributed by atoms with Gasteiger partial charge in [-0.3, -0.25) is 0 Å². The van der Waals surface area contributed by atoms with Crippen molar-refractivity contribution >= 4 is 43.1 Å². The van der Waals surface area contributed by atoms with Gasteiger partial charge >= 0.3 is 0 Å². The fraction of sp³-hybridized carbons (Fsp3) is 0.280. The normalized spacial score (nSPS) is 16.7. The van der Waals surface area contributed by atoms with Gasteiger partial charge in [0.05, 0.1) is 21.3 Å². The summed E-state index contributed by atoms with van der Waals surface area (Å²) in [6, 6.07) is 19.0. The highest BCUT2D eigenvalue weighted by molar-refractivity contribution is 9.10. The Morgan fingerprint density at radius 1 is 1.11 bits per heavy atom. The number of nitrogens with zero attached hydrogens (tertiary/aromatic N) is 4. The van der Waals surface area contributed by atoms with Gasteiger partial charge in [0, 0.05) is 29.9 Å². The second-order valence-corrected chi connectivity index (χ2v) is 11.4. The summed E-state index contributed by atoms with van der Waals surface area (Å²) >= 11 is 3.52. The van der Waals surface area contributed by atoms with Gasteiger partial charge in [-0.1, -0.05) is 30.3 Å². The standard InChI is InChI=1S/C25H27BrN6O2S/c1-31-15-5-8-20(31)13-14-28-35(33,34)21-11-9-19(10-12-21)29-24-16-23(18-6-3-2-4-7-18)30-25-22(26)17-27-32(24)25/h2-4,6-7,9-12,16-17,20,28-29H,5,8,13-15H2,1H3. The number of aromatic nitrogens is 3. The van der Waals surface area contributed by atoms with Gasteiger partial charge in [0.15, 0.2) is 5.65 Å². The Hall–Kier alpha value is -2.79. The van der Waals surface area contributed by atoms with Crippen LogP contribution in [-0.4, -0.2) is 54.1 Å². The summed E-state index contributed by atoms with van der Waals surface area (Å²) in [4.78, 5) is 7.28. The number of fused-ring (bicyclic) bond motifs is 1. The molecule has 1 aliphatic heterocycles. The van der Waals surface area contributed by atoms with Crippen LogP contribution in [0.2, 0.25) is 0 Å². The van der Waals surface area contributed by atoms with Gasteiger partial charge < -0.3 is 10.2 Å². The molecule has 1 fully saturated rings. The second kappa shape index (κ2) is 10.1. The Labute approximate surface area is 213 Å². The van der Waals surface area contributed by atoms with Gasteiger partial charge in [-0.15, -0.1) is 0 Å². The molecule has 0 bridgehead atoms. The molecule has 0 spiro atoms. The second-order valence-electron chi connectivity index (χ2n) is 8.73. The molecule has 1 aliphatic rings. The highest BCUT2D eigenvalue weighted by atomic mass is 79.9. The first-order valence-corrected chi connectivity index (χ1v) is 13.8. The van der Waals surface area contributed by atoms with Gasteiger partial charge in [0.1, 0.15) is 5.82 Å². The van der Waals surface area contributed by atoms with E-state index in [0.29, 0.717) is 24.1 Å². The van der Waals surface area contributed by atoms with E-state index in [2.05, 4.69) is 43.0 Å². The summed E-state index contributed by atoms with van der Waals surface area (Å²) in [6.45, 7) is 1.51. The molecule has 3 heterocycles. The Balaban J connectivity index is 1.33. The van der Waals surface area contributed by atoms with Gasteiger partial charge in [-0.25, -0.2) is 18.1 Å². The molecule has 0 saturated carbocycles. The van der Waals surface area contributed by atoms with Crippen LogP contribution >= 0.6 is 15.9 Å². The fourth-order valence-corrected chi connectivity index (χ4v) is 5.83. The van der Waals surface area contributed by atoms with E-state index >= 15 is 0 Å². The molecule has 182 valence electrons. The summed E-state index contributed by atoms with van der Waals surface area (Å²) in [5, 5.41) is 7.77. The van der Waals surface area contributed by atoms with Crippen LogP contribution in [0.15, 0.2) is 76.2 Å². The maximum absolute atomic E-state index is 12.8. The predicted molar refractivity (Wildman–Crippen MR) is 141 cm³/mol. The molecule has 35 heavy (non-hydrogen) atoms. The van der Waals surface area contributed by atoms with Crippen LogP contribution in [0.4, 0.5) is 11.5 Å². The molecule has 1 saturated heterocycles. The van der Waals surface area contributed by atoms with Crippen LogP contribution in [0, 0.1) is 0 Å². The highest BCUT2D eigenvalue weighted by Crippen LogP contribution is 2.28. The van der Waals surface area contributed by atoms with Crippen molar-refractivity contribution < 1.29 is 8.42 Å². The lowest BCUT2D eigenvalue weighted by atomic mass is 10.1. The maximum Gasteiger partial charge on any atom is 0.240 e. The van der Waals surface area contributed by atoms with Crippen molar-refractivity contribution in [3.05, 3.63) is 71.3 Å². The first-order chi connectivity index (χ1) is 16.9. The molecule has 1 atom stereocenters. The number of halogens is 1. The van der Waals surface area contributed by atoms with Crippen LogP contribution in [-0.2, 0) is 10.0 Å². The Morgan fingerprint density at radius 3 is 2.60 bits per heavy atom. The first-order valence-electron chi connectivity index (χ1n) is 11.6. The minimum Gasteiger partial charge on any atom is -0.340 e. The lowest BCUT2D eigenvalue weighted by Gasteiger charge is -2.19. The van der Waals surface area contributed by atoms with Crippen molar-refractivity contribution in [3.8, 4) is 11.3 Å². The molecule has 0 aliphatic carbocycles. The minimum atomic E-state index is -3.56. The number of sulfonamides is 1. The molecular weight excluding hydrogens is 528 g/mol. The van der Waals surface area contributed by atoms with Crippen LogP contribution in [0.25, 0.3) is 16.9 Å². The smallest absolute Gasteiger partial charge is 0.240 e. The Bertz CT molecular complexity index is 1420. The molecule has 4 aromatic rings. The van der Waals surface area contributed by atoms with Crippen LogP contribution < -0.4 is 10.0 Å². The van der Waals surface area contributed by atoms with Crippen LogP contribution in [0.1, 0.15) is 19.3 Å². The quantitative estimate of drug-likeness (QED) is 0.329. The zero-order valence-electron chi connectivity index (χ0n) is 19.4. The lowest BCUT2D eigenvalue weighted by Crippen LogP contribution is -2.31. The third-order valence-corrected chi connectivity index (χ3v) is 8.41. The largest absolute Gasteiger partial charge is 0.340 e. The monoisotopic (exact) mass is 554 g/mol. The van der Waals surface area contributed by atoms with Crippen molar-refractivity contribution in [1.29, 1.82) is 0 Å². The Kier molecular flexibility index (Phi) is 6.88. The molecule has 8 nitrogen and oxygen atoms in total. The molecule has 1 unspecified atom stereocenters. The number of nitrogens with one attached hydrogen (secondary N) is 2. The van der Waals surface area contributed by atoms with E-state index in [4.69, 9.17) is 4.98 Å². The number of hydrogen-bond acceptors (Lipinski definition) is 6. The SMILES string of the molecule is CN1CCCC1CCNS(=O)(=O)c1ccc(Nc2cc(-c3ccccc3)nc3c(Br)cnn23)cc1.